The standard InChI is InChI=1S/C27H29ClN4O2.2C25H25ClN4O2.C23H22ClN3O2/c1-34-23-13-11-20(24(17-23)27(33)31-25-14-12-22(28)18-30-25)8-5-19-6-9-21(10-7-19)26(29)32-15-3-2-4-16-32;1-30-14-13-27-24(30)19-7-4-17(5-8-19)3-6-18-9-11-21(32-2)15-22(18)25(31)29-23-12-10-20(26)16-28-23;1-32-21-11-9-18(22(15-21)25(31)29-23-12-10-20(26)16-28-23)6-3-17-4-7-19(8-5-17)24(27)30-13-2-14-30;1-15(25)17-6-3-16(4-7-17)5-8-18-9-11-20(29-2)13-21(18)23(28)27-22-12-10-19(24)14-26-22/h6-7,9-14,17-18,29H,2-5,8,15-16H2,1H3,(H,30,31,33);4-5,7-12,15-16H,3,6,13-14H2,1-2H3,(H,28,29,31);4-5,7-12,15-16,27H,2-3,6,13-14H2,1H3,(H,28,29,31);3-4,6-7,9-14,25H,5,8H2,1-2H3,(H,26,27,28). The van der Waals surface area contributed by atoms with Crippen LogP contribution in [0.15, 0.2) is 248 Å². The number of benzene rings is 8. The highest BCUT2D eigenvalue weighted by Gasteiger charge is 2.23. The Balaban J connectivity index is 0.000000154. The number of carbonyl (C=O) groups is 4. The third-order valence-electron chi connectivity index (χ3n) is 21.8. The average molecular weight is 1780 g/mol. The Morgan fingerprint density at radius 1 is 0.346 bits per heavy atom. The van der Waals surface area contributed by atoms with Crippen LogP contribution in [-0.4, -0.2) is 156 Å². The Bertz CT molecular complexity index is 5820. The number of hydrogen-bond acceptors (Lipinski definition) is 17. The molecule has 652 valence electrons. The summed E-state index contributed by atoms with van der Waals surface area (Å²) in [6.07, 6.45) is 16.7. The molecule has 127 heavy (non-hydrogen) atoms. The first-order valence-corrected chi connectivity index (χ1v) is 43.3. The third-order valence-corrected chi connectivity index (χ3v) is 22.7. The van der Waals surface area contributed by atoms with E-state index in [1.165, 1.54) is 36.8 Å². The molecule has 0 unspecified atom stereocenters. The molecule has 2 fully saturated rings. The summed E-state index contributed by atoms with van der Waals surface area (Å²) in [6, 6.07) is 68.4. The van der Waals surface area contributed by atoms with Crippen LogP contribution >= 0.6 is 46.4 Å². The minimum absolute atomic E-state index is 0.230. The lowest BCUT2D eigenvalue weighted by molar-refractivity contribution is 0.101. The van der Waals surface area contributed by atoms with E-state index < -0.39 is 0 Å². The van der Waals surface area contributed by atoms with Gasteiger partial charge in [-0.2, -0.15) is 0 Å². The summed E-state index contributed by atoms with van der Waals surface area (Å²) < 4.78 is 21.3. The zero-order valence-corrected chi connectivity index (χ0v) is 74.7. The second kappa shape index (κ2) is 46.1. The number of pyridine rings is 4. The first-order chi connectivity index (χ1) is 61.5. The molecule has 23 nitrogen and oxygen atoms in total. The lowest BCUT2D eigenvalue weighted by Gasteiger charge is -2.33. The number of aromatic nitrogens is 4. The molecule has 4 amide bonds. The average Bonchev–Trinajstić information content (AvgIpc) is 1.84. The molecule has 0 atom stereocenters. The maximum atomic E-state index is 13.0. The van der Waals surface area contributed by atoms with E-state index >= 15 is 0 Å². The molecule has 0 spiro atoms. The van der Waals surface area contributed by atoms with Crippen LogP contribution in [0.2, 0.25) is 20.1 Å². The van der Waals surface area contributed by atoms with E-state index in [2.05, 4.69) is 116 Å². The number of anilines is 4. The van der Waals surface area contributed by atoms with Crippen LogP contribution in [0.1, 0.15) is 141 Å². The minimum atomic E-state index is -0.247. The number of hydrogen-bond donors (Lipinski definition) is 7. The van der Waals surface area contributed by atoms with Gasteiger partial charge in [0.2, 0.25) is 0 Å². The van der Waals surface area contributed by atoms with Crippen molar-refractivity contribution < 1.29 is 38.1 Å². The van der Waals surface area contributed by atoms with Gasteiger partial charge in [0.15, 0.2) is 0 Å². The normalized spacial score (nSPS) is 12.5. The number of likely N-dealkylation sites (tertiary alicyclic amines) is 2. The van der Waals surface area contributed by atoms with Gasteiger partial charge in [0.1, 0.15) is 63.8 Å². The van der Waals surface area contributed by atoms with E-state index in [4.69, 9.17) is 81.6 Å². The number of ether oxygens (including phenoxy) is 4. The lowest BCUT2D eigenvalue weighted by Crippen LogP contribution is -2.42. The highest BCUT2D eigenvalue weighted by Crippen LogP contribution is 2.29. The van der Waals surface area contributed by atoms with Crippen LogP contribution < -0.4 is 40.2 Å². The van der Waals surface area contributed by atoms with Gasteiger partial charge >= 0.3 is 0 Å². The number of nitrogens with one attached hydrogen (secondary N) is 7. The molecule has 8 aromatic carbocycles. The van der Waals surface area contributed by atoms with Gasteiger partial charge in [-0.25, -0.2) is 19.9 Å². The molecule has 3 aliphatic heterocycles. The van der Waals surface area contributed by atoms with E-state index in [1.54, 1.807) is 108 Å². The fourth-order valence-corrected chi connectivity index (χ4v) is 14.8. The molecule has 2 saturated heterocycles. The number of nitrogens with zero attached hydrogens (tertiary/aromatic N) is 8. The van der Waals surface area contributed by atoms with Crippen molar-refractivity contribution in [2.75, 3.05) is 96.0 Å². The maximum Gasteiger partial charge on any atom is 0.257 e. The van der Waals surface area contributed by atoms with Crippen molar-refractivity contribution in [3.63, 3.8) is 0 Å². The van der Waals surface area contributed by atoms with E-state index in [9.17, 15) is 19.2 Å². The van der Waals surface area contributed by atoms with Crippen molar-refractivity contribution in [1.29, 1.82) is 16.2 Å². The highest BCUT2D eigenvalue weighted by molar-refractivity contribution is 6.31. The molecule has 12 aromatic rings. The molecule has 27 heteroatoms. The summed E-state index contributed by atoms with van der Waals surface area (Å²) in [6.45, 7) is 7.45. The van der Waals surface area contributed by atoms with Gasteiger partial charge in [-0.15, -0.1) is 0 Å². The van der Waals surface area contributed by atoms with Crippen LogP contribution in [-0.2, 0) is 51.4 Å². The van der Waals surface area contributed by atoms with Crippen molar-refractivity contribution in [3.8, 4) is 23.0 Å². The van der Waals surface area contributed by atoms with Gasteiger partial charge in [-0.1, -0.05) is 168 Å². The zero-order valence-electron chi connectivity index (χ0n) is 71.7. The molecule has 4 aromatic heterocycles. The first-order valence-electron chi connectivity index (χ1n) is 41.8. The lowest BCUT2D eigenvalue weighted by atomic mass is 9.98. The summed E-state index contributed by atoms with van der Waals surface area (Å²) in [5, 5.41) is 37.8. The van der Waals surface area contributed by atoms with Gasteiger partial charge in [0, 0.05) is 109 Å². The third kappa shape index (κ3) is 26.9. The van der Waals surface area contributed by atoms with Gasteiger partial charge < -0.3 is 60.3 Å². The number of halogens is 4. The van der Waals surface area contributed by atoms with Crippen molar-refractivity contribution >= 4 is 117 Å². The number of amidine groups is 3. The summed E-state index contributed by atoms with van der Waals surface area (Å²) in [4.78, 5) is 79.3. The predicted molar refractivity (Wildman–Crippen MR) is 508 cm³/mol. The van der Waals surface area contributed by atoms with Crippen molar-refractivity contribution in [3.05, 3.63) is 352 Å². The van der Waals surface area contributed by atoms with Crippen LogP contribution in [0.3, 0.4) is 0 Å². The Kier molecular flexibility index (Phi) is 33.7. The summed E-state index contributed by atoms with van der Waals surface area (Å²) in [5.41, 5.74) is 15.1. The topological polar surface area (TPSA) is 299 Å². The van der Waals surface area contributed by atoms with Crippen molar-refractivity contribution in [2.45, 2.75) is 84.0 Å². The fourth-order valence-electron chi connectivity index (χ4n) is 14.4. The first kappa shape index (κ1) is 92.9. The molecular formula is C100H101Cl4N15O8. The number of piperidine rings is 1. The van der Waals surface area contributed by atoms with E-state index in [0.717, 1.165) is 158 Å². The molecule has 7 N–H and O–H groups in total. The maximum absolute atomic E-state index is 13.0. The Morgan fingerprint density at radius 2 is 0.630 bits per heavy atom. The number of carbonyl (C=O) groups excluding carboxylic acids is 4. The van der Waals surface area contributed by atoms with Gasteiger partial charge in [-0.3, -0.25) is 35.0 Å². The van der Waals surface area contributed by atoms with E-state index in [0.29, 0.717) is 125 Å². The number of likely N-dealkylation sites (N-methyl/N-ethyl adjacent to an activating group) is 1. The number of methoxy groups -OCH3 is 4. The van der Waals surface area contributed by atoms with Gasteiger partial charge in [-0.05, 0) is 231 Å². The predicted octanol–water partition coefficient (Wildman–Crippen LogP) is 20.0. The van der Waals surface area contributed by atoms with E-state index in [1.807, 2.05) is 97.1 Å². The molecule has 15 rings (SSSR count). The minimum Gasteiger partial charge on any atom is -0.497 e. The summed E-state index contributed by atoms with van der Waals surface area (Å²) >= 11 is 23.5. The molecule has 0 aliphatic carbocycles. The molecular weight excluding hydrogens is 1680 g/mol. The Morgan fingerprint density at radius 3 is 0.874 bits per heavy atom. The van der Waals surface area contributed by atoms with Crippen LogP contribution in [0.5, 0.6) is 23.0 Å². The fraction of sp³-hybridized carbons (Fsp3) is 0.240. The quantitative estimate of drug-likeness (QED) is 0.0177. The second-order valence-electron chi connectivity index (χ2n) is 30.5. The molecule has 0 saturated carbocycles. The van der Waals surface area contributed by atoms with Crippen LogP contribution in [0.25, 0.3) is 0 Å². The second-order valence-corrected chi connectivity index (χ2v) is 32.2. The summed E-state index contributed by atoms with van der Waals surface area (Å²) in [5.74, 6) is 5.54. The number of aliphatic imine (C=N–C) groups is 1. The van der Waals surface area contributed by atoms with Crippen LogP contribution in [0.4, 0.5) is 23.3 Å². The summed E-state index contributed by atoms with van der Waals surface area (Å²) in [7, 11) is 8.39. The van der Waals surface area contributed by atoms with Crippen molar-refractivity contribution in [2.24, 2.45) is 4.99 Å². The smallest absolute Gasteiger partial charge is 0.257 e. The van der Waals surface area contributed by atoms with Crippen LogP contribution in [0, 0.1) is 16.2 Å². The SMILES string of the molecule is COc1ccc(CCc2ccc(C(=N)N3CCC3)cc2)c(C(=O)Nc2ccc(Cl)cn2)c1.COc1ccc(CCc2ccc(C(=N)N3CCCCC3)cc2)c(C(=O)Nc2ccc(Cl)cn2)c1.COc1ccc(CCc2ccc(C(C)=N)cc2)c(C(=O)Nc2ccc(Cl)cn2)c1.COc1ccc(CCc2ccc(C3=NCCN3C)cc2)c(C(=O)Nc2ccc(Cl)cn2)c1. The van der Waals surface area contributed by atoms with E-state index in [-0.39, 0.29) is 23.6 Å². The molecule has 3 aliphatic rings. The molecule has 0 bridgehead atoms. The van der Waals surface area contributed by atoms with Gasteiger partial charge in [0.25, 0.3) is 23.6 Å². The Labute approximate surface area is 760 Å². The number of amides is 4. The molecule has 7 heterocycles. The monoisotopic (exact) mass is 1780 g/mol. The molecule has 0 radical (unpaired) electrons. The number of rotatable bonds is 28. The Hall–Kier alpha value is -13.3. The van der Waals surface area contributed by atoms with Crippen molar-refractivity contribution in [1.82, 2.24) is 34.6 Å². The zero-order chi connectivity index (χ0) is 89.7. The number of aryl methyl sites for hydroxylation is 8. The largest absolute Gasteiger partial charge is 0.497 e. The highest BCUT2D eigenvalue weighted by atomic mass is 35.5. The van der Waals surface area contributed by atoms with Gasteiger partial charge in [0.05, 0.1) is 55.1 Å².